The van der Waals surface area contributed by atoms with Gasteiger partial charge in [-0.2, -0.15) is 0 Å². The molecule has 1 rings (SSSR count). The molecule has 0 aromatic heterocycles. The SMILES string of the molecule is CCOc1ccc(N([C@H](C)C(=O)NCCCOC)S(C)(=O)=O)cc1. The average molecular weight is 358 g/mol. The van der Waals surface area contributed by atoms with Crippen LogP contribution in [0.25, 0.3) is 0 Å². The number of methoxy groups -OCH3 is 1. The van der Waals surface area contributed by atoms with Gasteiger partial charge in [-0.1, -0.05) is 0 Å². The molecule has 0 fully saturated rings. The van der Waals surface area contributed by atoms with Crippen LogP contribution in [0.15, 0.2) is 24.3 Å². The fourth-order valence-electron chi connectivity index (χ4n) is 2.24. The highest BCUT2D eigenvalue weighted by molar-refractivity contribution is 7.92. The molecule has 0 spiro atoms. The molecule has 24 heavy (non-hydrogen) atoms. The summed E-state index contributed by atoms with van der Waals surface area (Å²) in [5, 5.41) is 2.72. The predicted octanol–water partition coefficient (Wildman–Crippen LogP) is 1.39. The van der Waals surface area contributed by atoms with E-state index >= 15 is 0 Å². The van der Waals surface area contributed by atoms with E-state index in [-0.39, 0.29) is 5.91 Å². The van der Waals surface area contributed by atoms with Gasteiger partial charge in [-0.05, 0) is 44.5 Å². The Morgan fingerprint density at radius 1 is 1.29 bits per heavy atom. The minimum atomic E-state index is -3.62. The van der Waals surface area contributed by atoms with Crippen LogP contribution in [0.2, 0.25) is 0 Å². The van der Waals surface area contributed by atoms with Gasteiger partial charge in [0, 0.05) is 20.3 Å². The zero-order valence-electron chi connectivity index (χ0n) is 14.6. The molecule has 0 aliphatic rings. The number of amides is 1. The van der Waals surface area contributed by atoms with Crippen molar-refractivity contribution in [1.82, 2.24) is 5.32 Å². The third kappa shape index (κ3) is 6.01. The van der Waals surface area contributed by atoms with Crippen LogP contribution in [-0.4, -0.2) is 53.5 Å². The molecular weight excluding hydrogens is 332 g/mol. The number of carbonyl (C=O) groups excluding carboxylic acids is 1. The van der Waals surface area contributed by atoms with Crippen LogP contribution in [0.5, 0.6) is 5.75 Å². The number of ether oxygens (including phenoxy) is 2. The Morgan fingerprint density at radius 2 is 1.92 bits per heavy atom. The van der Waals surface area contributed by atoms with Gasteiger partial charge >= 0.3 is 0 Å². The first-order valence-electron chi connectivity index (χ1n) is 7.80. The molecule has 1 N–H and O–H groups in total. The van der Waals surface area contributed by atoms with Crippen LogP contribution in [-0.2, 0) is 19.6 Å². The summed E-state index contributed by atoms with van der Waals surface area (Å²) in [5.74, 6) is 0.289. The van der Waals surface area contributed by atoms with E-state index in [9.17, 15) is 13.2 Å². The van der Waals surface area contributed by atoms with Crippen LogP contribution in [0, 0.1) is 0 Å². The molecule has 1 aromatic rings. The average Bonchev–Trinajstić information content (AvgIpc) is 2.52. The minimum Gasteiger partial charge on any atom is -0.494 e. The van der Waals surface area contributed by atoms with Crippen LogP contribution >= 0.6 is 0 Å². The maximum absolute atomic E-state index is 12.3. The lowest BCUT2D eigenvalue weighted by atomic mass is 10.2. The summed E-state index contributed by atoms with van der Waals surface area (Å²) >= 11 is 0. The lowest BCUT2D eigenvalue weighted by Gasteiger charge is -2.28. The molecule has 7 nitrogen and oxygen atoms in total. The molecule has 0 saturated heterocycles. The van der Waals surface area contributed by atoms with Gasteiger partial charge in [-0.15, -0.1) is 0 Å². The first-order valence-corrected chi connectivity index (χ1v) is 9.65. The third-order valence-electron chi connectivity index (χ3n) is 3.32. The van der Waals surface area contributed by atoms with E-state index in [1.165, 1.54) is 0 Å². The highest BCUT2D eigenvalue weighted by Crippen LogP contribution is 2.24. The Kier molecular flexibility index (Phi) is 8.00. The minimum absolute atomic E-state index is 0.356. The van der Waals surface area contributed by atoms with E-state index in [4.69, 9.17) is 9.47 Å². The molecule has 0 saturated carbocycles. The van der Waals surface area contributed by atoms with Gasteiger partial charge in [-0.3, -0.25) is 9.10 Å². The van der Waals surface area contributed by atoms with Gasteiger partial charge < -0.3 is 14.8 Å². The van der Waals surface area contributed by atoms with Crippen molar-refractivity contribution < 1.29 is 22.7 Å². The quantitative estimate of drug-likeness (QED) is 0.639. The Hall–Kier alpha value is -1.80. The predicted molar refractivity (Wildman–Crippen MR) is 93.9 cm³/mol. The fraction of sp³-hybridized carbons (Fsp3) is 0.562. The zero-order valence-corrected chi connectivity index (χ0v) is 15.4. The van der Waals surface area contributed by atoms with Crippen molar-refractivity contribution in [2.45, 2.75) is 26.3 Å². The lowest BCUT2D eigenvalue weighted by Crippen LogP contribution is -2.48. The van der Waals surface area contributed by atoms with Crippen molar-refractivity contribution in [3.8, 4) is 5.75 Å². The Balaban J connectivity index is 2.90. The van der Waals surface area contributed by atoms with E-state index in [0.29, 0.717) is 37.6 Å². The molecule has 1 aromatic carbocycles. The number of anilines is 1. The molecule has 136 valence electrons. The maximum atomic E-state index is 12.3. The zero-order chi connectivity index (χ0) is 18.2. The molecule has 0 aliphatic heterocycles. The number of hydrogen-bond donors (Lipinski definition) is 1. The van der Waals surface area contributed by atoms with Crippen LogP contribution in [0.4, 0.5) is 5.69 Å². The van der Waals surface area contributed by atoms with Crippen molar-refractivity contribution in [1.29, 1.82) is 0 Å². The van der Waals surface area contributed by atoms with E-state index in [2.05, 4.69) is 5.32 Å². The van der Waals surface area contributed by atoms with Crippen LogP contribution in [0.3, 0.4) is 0 Å². The van der Waals surface area contributed by atoms with E-state index in [0.717, 1.165) is 10.6 Å². The fourth-order valence-corrected chi connectivity index (χ4v) is 3.42. The second-order valence-corrected chi connectivity index (χ2v) is 7.16. The number of nitrogens with one attached hydrogen (secondary N) is 1. The molecular formula is C16H26N2O5S. The normalized spacial score (nSPS) is 12.5. The highest BCUT2D eigenvalue weighted by atomic mass is 32.2. The summed E-state index contributed by atoms with van der Waals surface area (Å²) in [5.41, 5.74) is 0.417. The summed E-state index contributed by atoms with van der Waals surface area (Å²) in [6, 6.07) is 5.75. The largest absolute Gasteiger partial charge is 0.494 e. The number of sulfonamides is 1. The van der Waals surface area contributed by atoms with Crippen molar-refractivity contribution in [3.05, 3.63) is 24.3 Å². The number of benzene rings is 1. The van der Waals surface area contributed by atoms with Gasteiger partial charge in [0.2, 0.25) is 15.9 Å². The van der Waals surface area contributed by atoms with Gasteiger partial charge in [0.25, 0.3) is 0 Å². The Labute approximate surface area is 144 Å². The lowest BCUT2D eigenvalue weighted by molar-refractivity contribution is -0.121. The summed E-state index contributed by atoms with van der Waals surface area (Å²) in [7, 11) is -2.03. The summed E-state index contributed by atoms with van der Waals surface area (Å²) in [4.78, 5) is 12.3. The number of carbonyl (C=O) groups is 1. The topological polar surface area (TPSA) is 84.9 Å². The van der Waals surface area contributed by atoms with E-state index in [1.54, 1.807) is 38.3 Å². The van der Waals surface area contributed by atoms with Crippen molar-refractivity contribution in [2.75, 3.05) is 37.4 Å². The van der Waals surface area contributed by atoms with Gasteiger partial charge in [0.05, 0.1) is 18.6 Å². The molecule has 0 aliphatic carbocycles. The third-order valence-corrected chi connectivity index (χ3v) is 4.56. The summed E-state index contributed by atoms with van der Waals surface area (Å²) in [6.45, 7) is 4.91. The summed E-state index contributed by atoms with van der Waals surface area (Å²) < 4.78 is 35.7. The number of nitrogens with zero attached hydrogens (tertiary/aromatic N) is 1. The van der Waals surface area contributed by atoms with Crippen LogP contribution < -0.4 is 14.4 Å². The van der Waals surface area contributed by atoms with Gasteiger partial charge in [0.1, 0.15) is 11.8 Å². The Morgan fingerprint density at radius 3 is 2.42 bits per heavy atom. The second kappa shape index (κ2) is 9.48. The highest BCUT2D eigenvalue weighted by Gasteiger charge is 2.28. The molecule has 1 amide bonds. The van der Waals surface area contributed by atoms with Gasteiger partial charge in [0.15, 0.2) is 0 Å². The summed E-state index contributed by atoms with van der Waals surface area (Å²) in [6.07, 6.45) is 1.75. The van der Waals surface area contributed by atoms with Crippen molar-refractivity contribution in [2.24, 2.45) is 0 Å². The molecule has 8 heteroatoms. The first kappa shape index (κ1) is 20.2. The van der Waals surface area contributed by atoms with Gasteiger partial charge in [-0.25, -0.2) is 8.42 Å². The molecule has 0 unspecified atom stereocenters. The molecule has 1 atom stereocenters. The monoisotopic (exact) mass is 358 g/mol. The first-order chi connectivity index (χ1) is 11.3. The molecule has 0 heterocycles. The van der Waals surface area contributed by atoms with E-state index in [1.807, 2.05) is 6.92 Å². The van der Waals surface area contributed by atoms with Crippen molar-refractivity contribution in [3.63, 3.8) is 0 Å². The second-order valence-electron chi connectivity index (χ2n) is 5.30. The number of rotatable bonds is 10. The van der Waals surface area contributed by atoms with E-state index < -0.39 is 16.1 Å². The molecule has 0 radical (unpaired) electrons. The van der Waals surface area contributed by atoms with Crippen LogP contribution in [0.1, 0.15) is 20.3 Å². The Bertz CT molecular complexity index is 616. The number of hydrogen-bond acceptors (Lipinski definition) is 5. The smallest absolute Gasteiger partial charge is 0.243 e. The van der Waals surface area contributed by atoms with Crippen molar-refractivity contribution >= 4 is 21.6 Å². The maximum Gasteiger partial charge on any atom is 0.243 e. The standard InChI is InChI=1S/C16H26N2O5S/c1-5-23-15-9-7-14(8-10-15)18(24(4,20)21)13(2)16(19)17-11-6-12-22-3/h7-10,13H,5-6,11-12H2,1-4H3,(H,17,19)/t13-/m1/s1. The molecule has 0 bridgehead atoms.